The summed E-state index contributed by atoms with van der Waals surface area (Å²) in [5, 5.41) is 9.72. The molecule has 19 heavy (non-hydrogen) atoms. The fraction of sp³-hybridized carbons (Fsp3) is 0.562. The molecule has 1 aromatic rings. The molecule has 1 amide bonds. The Bertz CT molecular complexity index is 428. The molecule has 3 heteroatoms. The van der Waals surface area contributed by atoms with Crippen molar-refractivity contribution >= 4 is 5.91 Å². The van der Waals surface area contributed by atoms with Gasteiger partial charge in [0.15, 0.2) is 0 Å². The van der Waals surface area contributed by atoms with Crippen molar-refractivity contribution in [1.82, 2.24) is 4.90 Å². The second kappa shape index (κ2) is 6.60. The molecule has 0 heterocycles. The predicted octanol–water partition coefficient (Wildman–Crippen LogP) is 3.45. The van der Waals surface area contributed by atoms with Crippen LogP contribution >= 0.6 is 0 Å². The van der Waals surface area contributed by atoms with E-state index in [-0.39, 0.29) is 11.7 Å². The average molecular weight is 263 g/mol. The first-order chi connectivity index (χ1) is 8.82. The largest absolute Gasteiger partial charge is 0.508 e. The van der Waals surface area contributed by atoms with Crippen molar-refractivity contribution in [2.75, 3.05) is 13.1 Å². The van der Waals surface area contributed by atoms with Crippen LogP contribution in [-0.2, 0) is 0 Å². The minimum Gasteiger partial charge on any atom is -0.508 e. The molecule has 0 saturated carbocycles. The number of rotatable bonds is 5. The van der Waals surface area contributed by atoms with Crippen molar-refractivity contribution in [3.05, 3.63) is 29.3 Å². The van der Waals surface area contributed by atoms with Gasteiger partial charge in [0.2, 0.25) is 0 Å². The molecule has 0 atom stereocenters. The zero-order valence-electron chi connectivity index (χ0n) is 12.6. The third-order valence-electron chi connectivity index (χ3n) is 2.99. The molecule has 0 fully saturated rings. The van der Waals surface area contributed by atoms with Gasteiger partial charge in [-0.05, 0) is 30.9 Å². The van der Waals surface area contributed by atoms with Gasteiger partial charge in [-0.3, -0.25) is 4.79 Å². The highest BCUT2D eigenvalue weighted by Gasteiger charge is 2.20. The molecule has 0 aliphatic carbocycles. The second-order valence-electron chi connectivity index (χ2n) is 5.95. The van der Waals surface area contributed by atoms with E-state index in [0.29, 0.717) is 23.0 Å². The SMILES string of the molecule is Cc1c(O)cccc1C(=O)N(CC(C)C)CC(C)C. The summed E-state index contributed by atoms with van der Waals surface area (Å²) in [5.41, 5.74) is 1.26. The van der Waals surface area contributed by atoms with Gasteiger partial charge in [0, 0.05) is 24.2 Å². The van der Waals surface area contributed by atoms with E-state index < -0.39 is 0 Å². The number of carbonyl (C=O) groups is 1. The first-order valence-corrected chi connectivity index (χ1v) is 6.90. The summed E-state index contributed by atoms with van der Waals surface area (Å²) in [6, 6.07) is 5.12. The minimum absolute atomic E-state index is 0.01000. The van der Waals surface area contributed by atoms with Crippen LogP contribution in [0.25, 0.3) is 0 Å². The Morgan fingerprint density at radius 3 is 2.16 bits per heavy atom. The number of hydrogen-bond acceptors (Lipinski definition) is 2. The fourth-order valence-corrected chi connectivity index (χ4v) is 2.15. The van der Waals surface area contributed by atoms with Crippen molar-refractivity contribution in [3.63, 3.8) is 0 Å². The molecule has 0 bridgehead atoms. The van der Waals surface area contributed by atoms with Crippen LogP contribution < -0.4 is 0 Å². The highest BCUT2D eigenvalue weighted by Crippen LogP contribution is 2.21. The molecule has 3 nitrogen and oxygen atoms in total. The molecular formula is C16H25NO2. The van der Waals surface area contributed by atoms with E-state index in [9.17, 15) is 9.90 Å². The van der Waals surface area contributed by atoms with E-state index in [0.717, 1.165) is 13.1 Å². The molecule has 1 aromatic carbocycles. The summed E-state index contributed by atoms with van der Waals surface area (Å²) in [7, 11) is 0. The van der Waals surface area contributed by atoms with Crippen LogP contribution in [0.3, 0.4) is 0 Å². The number of phenolic OH excluding ortho intramolecular Hbond substituents is 1. The van der Waals surface area contributed by atoms with E-state index in [1.165, 1.54) is 0 Å². The lowest BCUT2D eigenvalue weighted by Gasteiger charge is -2.27. The smallest absolute Gasteiger partial charge is 0.254 e. The van der Waals surface area contributed by atoms with Crippen molar-refractivity contribution < 1.29 is 9.90 Å². The summed E-state index contributed by atoms with van der Waals surface area (Å²) in [6.07, 6.45) is 0. The first kappa shape index (κ1) is 15.5. The van der Waals surface area contributed by atoms with Crippen molar-refractivity contribution in [1.29, 1.82) is 0 Å². The number of carbonyl (C=O) groups excluding carboxylic acids is 1. The zero-order chi connectivity index (χ0) is 14.6. The Morgan fingerprint density at radius 2 is 1.68 bits per heavy atom. The highest BCUT2D eigenvalue weighted by atomic mass is 16.3. The Hall–Kier alpha value is -1.51. The topological polar surface area (TPSA) is 40.5 Å². The van der Waals surface area contributed by atoms with E-state index in [1.54, 1.807) is 25.1 Å². The maximum atomic E-state index is 12.6. The molecule has 0 aromatic heterocycles. The van der Waals surface area contributed by atoms with Crippen LogP contribution in [0.1, 0.15) is 43.6 Å². The number of benzene rings is 1. The Kier molecular flexibility index (Phi) is 5.40. The zero-order valence-corrected chi connectivity index (χ0v) is 12.6. The Morgan fingerprint density at radius 1 is 1.16 bits per heavy atom. The quantitative estimate of drug-likeness (QED) is 0.884. The van der Waals surface area contributed by atoms with Gasteiger partial charge in [-0.25, -0.2) is 0 Å². The monoisotopic (exact) mass is 263 g/mol. The lowest BCUT2D eigenvalue weighted by molar-refractivity contribution is 0.0714. The second-order valence-corrected chi connectivity index (χ2v) is 5.95. The number of phenols is 1. The van der Waals surface area contributed by atoms with Crippen molar-refractivity contribution in [3.8, 4) is 5.75 Å². The van der Waals surface area contributed by atoms with E-state index in [2.05, 4.69) is 27.7 Å². The van der Waals surface area contributed by atoms with Gasteiger partial charge in [-0.2, -0.15) is 0 Å². The van der Waals surface area contributed by atoms with Gasteiger partial charge >= 0.3 is 0 Å². The third-order valence-corrected chi connectivity index (χ3v) is 2.99. The van der Waals surface area contributed by atoms with Gasteiger partial charge in [0.05, 0.1) is 0 Å². The summed E-state index contributed by atoms with van der Waals surface area (Å²) >= 11 is 0. The lowest BCUT2D eigenvalue weighted by atomic mass is 10.0. The Balaban J connectivity index is 3.01. The number of aromatic hydroxyl groups is 1. The van der Waals surface area contributed by atoms with Crippen LogP contribution in [0, 0.1) is 18.8 Å². The predicted molar refractivity (Wildman–Crippen MR) is 78.4 cm³/mol. The fourth-order valence-electron chi connectivity index (χ4n) is 2.15. The third kappa shape index (κ3) is 4.27. The average Bonchev–Trinajstić information content (AvgIpc) is 2.30. The molecule has 106 valence electrons. The van der Waals surface area contributed by atoms with Crippen LogP contribution in [0.2, 0.25) is 0 Å². The van der Waals surface area contributed by atoms with Gasteiger partial charge < -0.3 is 10.0 Å². The molecule has 0 spiro atoms. The molecule has 1 N–H and O–H groups in total. The number of hydrogen-bond donors (Lipinski definition) is 1. The minimum atomic E-state index is 0.01000. The van der Waals surface area contributed by atoms with Crippen LogP contribution in [0.5, 0.6) is 5.75 Å². The molecule has 1 rings (SSSR count). The standard InChI is InChI=1S/C16H25NO2/c1-11(2)9-17(10-12(3)4)16(19)14-7-6-8-15(18)13(14)5/h6-8,11-12,18H,9-10H2,1-5H3. The van der Waals surface area contributed by atoms with Gasteiger partial charge in [0.25, 0.3) is 5.91 Å². The summed E-state index contributed by atoms with van der Waals surface area (Å²) in [6.45, 7) is 11.7. The highest BCUT2D eigenvalue weighted by molar-refractivity contribution is 5.96. The van der Waals surface area contributed by atoms with Crippen molar-refractivity contribution in [2.24, 2.45) is 11.8 Å². The first-order valence-electron chi connectivity index (χ1n) is 6.90. The number of amides is 1. The molecule has 0 saturated heterocycles. The summed E-state index contributed by atoms with van der Waals surface area (Å²) in [5.74, 6) is 1.05. The van der Waals surface area contributed by atoms with Gasteiger partial charge in [0.1, 0.15) is 5.75 Å². The molecule has 0 aliphatic rings. The maximum Gasteiger partial charge on any atom is 0.254 e. The lowest BCUT2D eigenvalue weighted by Crippen LogP contribution is -2.37. The van der Waals surface area contributed by atoms with Crippen LogP contribution in [0.4, 0.5) is 0 Å². The molecular weight excluding hydrogens is 238 g/mol. The van der Waals surface area contributed by atoms with E-state index >= 15 is 0 Å². The van der Waals surface area contributed by atoms with E-state index in [4.69, 9.17) is 0 Å². The van der Waals surface area contributed by atoms with Crippen LogP contribution in [0.15, 0.2) is 18.2 Å². The van der Waals surface area contributed by atoms with Gasteiger partial charge in [-0.1, -0.05) is 33.8 Å². The molecule has 0 aliphatic heterocycles. The normalized spacial score (nSPS) is 11.1. The van der Waals surface area contributed by atoms with Gasteiger partial charge in [-0.15, -0.1) is 0 Å². The molecule has 0 radical (unpaired) electrons. The van der Waals surface area contributed by atoms with Crippen molar-refractivity contribution in [2.45, 2.75) is 34.6 Å². The molecule has 0 unspecified atom stereocenters. The number of nitrogens with zero attached hydrogens (tertiary/aromatic N) is 1. The summed E-state index contributed by atoms with van der Waals surface area (Å²) < 4.78 is 0. The van der Waals surface area contributed by atoms with E-state index in [1.807, 2.05) is 4.90 Å². The summed E-state index contributed by atoms with van der Waals surface area (Å²) in [4.78, 5) is 14.5. The maximum absolute atomic E-state index is 12.6. The van der Waals surface area contributed by atoms with Crippen LogP contribution in [-0.4, -0.2) is 29.0 Å². The Labute approximate surface area is 116 Å².